The van der Waals surface area contributed by atoms with E-state index in [1.54, 1.807) is 18.2 Å². The van der Waals surface area contributed by atoms with Gasteiger partial charge in [0.15, 0.2) is 0 Å². The summed E-state index contributed by atoms with van der Waals surface area (Å²) in [6, 6.07) is 12.1. The Morgan fingerprint density at radius 3 is 2.50 bits per heavy atom. The second-order valence-electron chi connectivity index (χ2n) is 3.77. The maximum atomic E-state index is 14.0. The third-order valence-corrected chi connectivity index (χ3v) is 3.99. The Kier molecular flexibility index (Phi) is 4.25. The molecule has 2 aromatic rings. The van der Waals surface area contributed by atoms with Crippen LogP contribution in [-0.4, -0.2) is 7.11 Å². The first-order valence-electron chi connectivity index (χ1n) is 5.35. The highest BCUT2D eigenvalue weighted by molar-refractivity contribution is 9.09. The van der Waals surface area contributed by atoms with Gasteiger partial charge in [-0.15, -0.1) is 0 Å². The molecule has 2 aromatic carbocycles. The lowest BCUT2D eigenvalue weighted by Gasteiger charge is -2.14. The fourth-order valence-electron chi connectivity index (χ4n) is 1.69. The largest absolute Gasteiger partial charge is 0.497 e. The van der Waals surface area contributed by atoms with Crippen molar-refractivity contribution in [2.45, 2.75) is 4.83 Å². The zero-order valence-corrected chi connectivity index (χ0v) is 12.0. The van der Waals surface area contributed by atoms with Crippen LogP contribution in [0.25, 0.3) is 0 Å². The van der Waals surface area contributed by atoms with Gasteiger partial charge in [0.2, 0.25) is 0 Å². The predicted octanol–water partition coefficient (Wildman–Crippen LogP) is 4.97. The molecule has 0 radical (unpaired) electrons. The van der Waals surface area contributed by atoms with Crippen LogP contribution in [-0.2, 0) is 0 Å². The second-order valence-corrected chi connectivity index (χ2v) is 5.09. The molecule has 0 aromatic heterocycles. The fraction of sp³-hybridized carbons (Fsp3) is 0.143. The van der Waals surface area contributed by atoms with Crippen LogP contribution in [0.5, 0.6) is 5.75 Å². The number of rotatable bonds is 3. The Hall–Kier alpha value is -1.06. The van der Waals surface area contributed by atoms with Gasteiger partial charge < -0.3 is 4.74 Å². The molecule has 2 rings (SSSR count). The molecule has 0 aliphatic rings. The SMILES string of the molecule is COc1ccc(C(Br)c2ccccc2Cl)c(F)c1. The Labute approximate surface area is 119 Å². The van der Waals surface area contributed by atoms with Crippen molar-refractivity contribution < 1.29 is 9.13 Å². The first-order valence-corrected chi connectivity index (χ1v) is 6.64. The van der Waals surface area contributed by atoms with E-state index in [-0.39, 0.29) is 10.6 Å². The summed E-state index contributed by atoms with van der Waals surface area (Å²) in [7, 11) is 1.51. The molecular formula is C14H11BrClFO. The molecule has 1 nitrogen and oxygen atoms in total. The summed E-state index contributed by atoms with van der Waals surface area (Å²) in [4.78, 5) is -0.280. The highest BCUT2D eigenvalue weighted by atomic mass is 79.9. The van der Waals surface area contributed by atoms with Gasteiger partial charge in [0.25, 0.3) is 0 Å². The number of alkyl halides is 1. The van der Waals surface area contributed by atoms with Gasteiger partial charge >= 0.3 is 0 Å². The molecule has 0 fully saturated rings. The topological polar surface area (TPSA) is 9.23 Å². The van der Waals surface area contributed by atoms with Crippen LogP contribution in [0.15, 0.2) is 42.5 Å². The van der Waals surface area contributed by atoms with Crippen LogP contribution in [0.1, 0.15) is 16.0 Å². The van der Waals surface area contributed by atoms with E-state index >= 15 is 0 Å². The van der Waals surface area contributed by atoms with Gasteiger partial charge in [-0.1, -0.05) is 51.8 Å². The number of benzene rings is 2. The predicted molar refractivity (Wildman–Crippen MR) is 75.2 cm³/mol. The van der Waals surface area contributed by atoms with Crippen LogP contribution in [0.2, 0.25) is 5.02 Å². The molecule has 0 aliphatic heterocycles. The Morgan fingerprint density at radius 1 is 1.17 bits per heavy atom. The molecule has 18 heavy (non-hydrogen) atoms. The Morgan fingerprint density at radius 2 is 1.89 bits per heavy atom. The number of hydrogen-bond donors (Lipinski definition) is 0. The van der Waals surface area contributed by atoms with Gasteiger partial charge in [-0.25, -0.2) is 4.39 Å². The summed E-state index contributed by atoms with van der Waals surface area (Å²) in [5.41, 5.74) is 1.37. The monoisotopic (exact) mass is 328 g/mol. The maximum Gasteiger partial charge on any atom is 0.131 e. The normalized spacial score (nSPS) is 12.2. The van der Waals surface area contributed by atoms with Gasteiger partial charge in [0.1, 0.15) is 11.6 Å². The lowest BCUT2D eigenvalue weighted by molar-refractivity contribution is 0.411. The Bertz CT molecular complexity index is 559. The first-order chi connectivity index (χ1) is 8.63. The quantitative estimate of drug-likeness (QED) is 0.722. The molecule has 0 spiro atoms. The third kappa shape index (κ3) is 2.68. The summed E-state index contributed by atoms with van der Waals surface area (Å²) >= 11 is 9.58. The van der Waals surface area contributed by atoms with Crippen LogP contribution in [0, 0.1) is 5.82 Å². The van der Waals surface area contributed by atoms with Crippen molar-refractivity contribution in [1.29, 1.82) is 0 Å². The molecule has 1 unspecified atom stereocenters. The highest BCUT2D eigenvalue weighted by Gasteiger charge is 2.17. The van der Waals surface area contributed by atoms with Crippen LogP contribution < -0.4 is 4.74 Å². The van der Waals surface area contributed by atoms with E-state index in [1.165, 1.54) is 13.2 Å². The number of halogens is 3. The summed E-state index contributed by atoms with van der Waals surface area (Å²) in [5.74, 6) is 0.172. The number of methoxy groups -OCH3 is 1. The van der Waals surface area contributed by atoms with E-state index in [9.17, 15) is 4.39 Å². The highest BCUT2D eigenvalue weighted by Crippen LogP contribution is 2.37. The van der Waals surface area contributed by atoms with Crippen LogP contribution in [0.3, 0.4) is 0 Å². The summed E-state index contributed by atoms with van der Waals surface area (Å²) < 4.78 is 18.9. The van der Waals surface area contributed by atoms with E-state index in [0.29, 0.717) is 16.3 Å². The van der Waals surface area contributed by atoms with E-state index < -0.39 is 0 Å². The van der Waals surface area contributed by atoms with Crippen molar-refractivity contribution in [3.63, 3.8) is 0 Å². The molecular weight excluding hydrogens is 319 g/mol. The minimum atomic E-state index is -0.323. The minimum absolute atomic E-state index is 0.280. The average molecular weight is 330 g/mol. The summed E-state index contributed by atoms with van der Waals surface area (Å²) in [6.45, 7) is 0. The standard InChI is InChI=1S/C14H11BrClFO/c1-18-9-6-7-11(13(17)8-9)14(15)10-4-2-3-5-12(10)16/h2-8,14H,1H3. The minimum Gasteiger partial charge on any atom is -0.497 e. The molecule has 4 heteroatoms. The molecule has 0 saturated heterocycles. The summed E-state index contributed by atoms with van der Waals surface area (Å²) in [5, 5.41) is 0.606. The smallest absolute Gasteiger partial charge is 0.131 e. The lowest BCUT2D eigenvalue weighted by atomic mass is 10.0. The number of ether oxygens (including phenoxy) is 1. The Balaban J connectivity index is 2.40. The zero-order chi connectivity index (χ0) is 13.1. The second kappa shape index (κ2) is 5.72. The van der Waals surface area contributed by atoms with Crippen LogP contribution >= 0.6 is 27.5 Å². The molecule has 94 valence electrons. The van der Waals surface area contributed by atoms with Gasteiger partial charge in [-0.2, -0.15) is 0 Å². The third-order valence-electron chi connectivity index (χ3n) is 2.66. The molecule has 0 saturated carbocycles. The zero-order valence-electron chi connectivity index (χ0n) is 9.66. The fourth-order valence-corrected chi connectivity index (χ4v) is 2.84. The molecule has 0 amide bonds. The van der Waals surface area contributed by atoms with Gasteiger partial charge in [-0.05, 0) is 17.7 Å². The lowest BCUT2D eigenvalue weighted by Crippen LogP contribution is -1.98. The van der Waals surface area contributed by atoms with Crippen molar-refractivity contribution in [2.75, 3.05) is 7.11 Å². The molecule has 0 aliphatic carbocycles. The van der Waals surface area contributed by atoms with E-state index in [1.807, 2.05) is 18.2 Å². The maximum absolute atomic E-state index is 14.0. The van der Waals surface area contributed by atoms with Crippen molar-refractivity contribution in [2.24, 2.45) is 0 Å². The number of hydrogen-bond acceptors (Lipinski definition) is 1. The molecule has 0 bridgehead atoms. The van der Waals surface area contributed by atoms with Crippen molar-refractivity contribution in [3.05, 3.63) is 64.4 Å². The first kappa shape index (κ1) is 13.4. The van der Waals surface area contributed by atoms with Crippen molar-refractivity contribution >= 4 is 27.5 Å². The van der Waals surface area contributed by atoms with Gasteiger partial charge in [0.05, 0.1) is 11.9 Å². The summed E-state index contributed by atoms with van der Waals surface area (Å²) in [6.07, 6.45) is 0. The molecule has 1 atom stereocenters. The van der Waals surface area contributed by atoms with Crippen molar-refractivity contribution in [3.8, 4) is 5.75 Å². The van der Waals surface area contributed by atoms with E-state index in [2.05, 4.69) is 15.9 Å². The van der Waals surface area contributed by atoms with Gasteiger partial charge in [0, 0.05) is 16.7 Å². The molecule has 0 heterocycles. The van der Waals surface area contributed by atoms with Crippen molar-refractivity contribution in [1.82, 2.24) is 0 Å². The van der Waals surface area contributed by atoms with E-state index in [0.717, 1.165) is 5.56 Å². The average Bonchev–Trinajstić information content (AvgIpc) is 2.38. The van der Waals surface area contributed by atoms with Crippen LogP contribution in [0.4, 0.5) is 4.39 Å². The molecule has 0 N–H and O–H groups in total. The van der Waals surface area contributed by atoms with E-state index in [4.69, 9.17) is 16.3 Å². The van der Waals surface area contributed by atoms with Gasteiger partial charge in [-0.3, -0.25) is 0 Å².